The van der Waals surface area contributed by atoms with Gasteiger partial charge in [0.15, 0.2) is 0 Å². The molecule has 3 aromatic rings. The Morgan fingerprint density at radius 3 is 2.59 bits per heavy atom. The normalized spacial score (nSPS) is 15.0. The third kappa shape index (κ3) is 4.17. The van der Waals surface area contributed by atoms with Crippen LogP contribution < -0.4 is 10.6 Å². The molecule has 27 heavy (non-hydrogen) atoms. The standard InChI is InChI=1S/C21H26N6/c1-15-25-20(18-7-9-22-10-8-18)13-21(26-15)24-14-17-3-5-19(6-4-17)27-12-11-23-16(27)2/h3-6,11-13,18,22H,7-10,14H2,1-2H3,(H,24,25,26). The van der Waals surface area contributed by atoms with Crippen LogP contribution in [0.5, 0.6) is 0 Å². The molecule has 140 valence electrons. The molecule has 0 radical (unpaired) electrons. The van der Waals surface area contributed by atoms with Crippen molar-refractivity contribution in [3.8, 4) is 5.69 Å². The number of hydrogen-bond donors (Lipinski definition) is 2. The Morgan fingerprint density at radius 1 is 1.11 bits per heavy atom. The highest BCUT2D eigenvalue weighted by Gasteiger charge is 2.17. The number of rotatable bonds is 5. The molecule has 6 nitrogen and oxygen atoms in total. The lowest BCUT2D eigenvalue weighted by molar-refractivity contribution is 0.452. The highest BCUT2D eigenvalue weighted by molar-refractivity contribution is 5.40. The summed E-state index contributed by atoms with van der Waals surface area (Å²) in [6, 6.07) is 10.6. The van der Waals surface area contributed by atoms with Crippen molar-refractivity contribution in [2.75, 3.05) is 18.4 Å². The summed E-state index contributed by atoms with van der Waals surface area (Å²) in [5.41, 5.74) is 3.51. The molecule has 2 N–H and O–H groups in total. The summed E-state index contributed by atoms with van der Waals surface area (Å²) in [4.78, 5) is 13.5. The number of piperidine rings is 1. The molecule has 0 amide bonds. The van der Waals surface area contributed by atoms with Crippen molar-refractivity contribution in [3.05, 3.63) is 65.6 Å². The van der Waals surface area contributed by atoms with Crippen LogP contribution in [0.3, 0.4) is 0 Å². The molecular weight excluding hydrogens is 336 g/mol. The Labute approximate surface area is 160 Å². The van der Waals surface area contributed by atoms with E-state index in [0.717, 1.165) is 61.3 Å². The fourth-order valence-corrected chi connectivity index (χ4v) is 3.63. The third-order valence-corrected chi connectivity index (χ3v) is 5.13. The number of aryl methyl sites for hydroxylation is 2. The van der Waals surface area contributed by atoms with Gasteiger partial charge in [0.2, 0.25) is 0 Å². The van der Waals surface area contributed by atoms with Crippen LogP contribution in [0.4, 0.5) is 5.82 Å². The molecule has 1 aliphatic heterocycles. The molecule has 4 rings (SSSR count). The Hall–Kier alpha value is -2.73. The minimum absolute atomic E-state index is 0.534. The van der Waals surface area contributed by atoms with Crippen molar-refractivity contribution in [3.63, 3.8) is 0 Å². The molecule has 6 heteroatoms. The van der Waals surface area contributed by atoms with Crippen molar-refractivity contribution in [2.24, 2.45) is 0 Å². The second-order valence-corrected chi connectivity index (χ2v) is 7.11. The van der Waals surface area contributed by atoms with E-state index in [4.69, 9.17) is 0 Å². The maximum atomic E-state index is 4.67. The van der Waals surface area contributed by atoms with Gasteiger partial charge in [-0.1, -0.05) is 12.1 Å². The Morgan fingerprint density at radius 2 is 1.89 bits per heavy atom. The average molecular weight is 362 g/mol. The van der Waals surface area contributed by atoms with Crippen LogP contribution in [-0.4, -0.2) is 32.6 Å². The quantitative estimate of drug-likeness (QED) is 0.728. The maximum absolute atomic E-state index is 4.67. The molecular formula is C21H26N6. The SMILES string of the molecule is Cc1nc(NCc2ccc(-n3ccnc3C)cc2)cc(C2CCNCC2)n1. The number of imidazole rings is 1. The van der Waals surface area contributed by atoms with E-state index in [0.29, 0.717) is 5.92 Å². The fraction of sp³-hybridized carbons (Fsp3) is 0.381. The second-order valence-electron chi connectivity index (χ2n) is 7.11. The van der Waals surface area contributed by atoms with Crippen molar-refractivity contribution in [1.29, 1.82) is 0 Å². The number of nitrogens with zero attached hydrogens (tertiary/aromatic N) is 4. The lowest BCUT2D eigenvalue weighted by Gasteiger charge is -2.22. The van der Waals surface area contributed by atoms with E-state index in [1.807, 2.05) is 26.2 Å². The molecule has 0 bridgehead atoms. The summed E-state index contributed by atoms with van der Waals surface area (Å²) in [6.07, 6.45) is 6.09. The van der Waals surface area contributed by atoms with Crippen molar-refractivity contribution < 1.29 is 0 Å². The van der Waals surface area contributed by atoms with Gasteiger partial charge >= 0.3 is 0 Å². The van der Waals surface area contributed by atoms with E-state index >= 15 is 0 Å². The lowest BCUT2D eigenvalue weighted by Crippen LogP contribution is -2.27. The van der Waals surface area contributed by atoms with Crippen LogP contribution in [-0.2, 0) is 6.54 Å². The van der Waals surface area contributed by atoms with Gasteiger partial charge < -0.3 is 15.2 Å². The molecule has 1 fully saturated rings. The van der Waals surface area contributed by atoms with E-state index in [1.165, 1.54) is 5.56 Å². The number of nitrogens with one attached hydrogen (secondary N) is 2. The van der Waals surface area contributed by atoms with E-state index < -0.39 is 0 Å². The summed E-state index contributed by atoms with van der Waals surface area (Å²) >= 11 is 0. The maximum Gasteiger partial charge on any atom is 0.130 e. The van der Waals surface area contributed by atoms with Crippen LogP contribution >= 0.6 is 0 Å². The second kappa shape index (κ2) is 7.88. The molecule has 3 heterocycles. The Bertz CT molecular complexity index is 893. The number of aromatic nitrogens is 4. The molecule has 0 unspecified atom stereocenters. The third-order valence-electron chi connectivity index (χ3n) is 5.13. The van der Waals surface area contributed by atoms with Gasteiger partial charge in [0.1, 0.15) is 17.5 Å². The summed E-state index contributed by atoms with van der Waals surface area (Å²) < 4.78 is 2.08. The molecule has 1 saturated heterocycles. The number of anilines is 1. The smallest absolute Gasteiger partial charge is 0.130 e. The first-order valence-electron chi connectivity index (χ1n) is 9.58. The van der Waals surface area contributed by atoms with Crippen molar-refractivity contribution in [2.45, 2.75) is 39.2 Å². The summed E-state index contributed by atoms with van der Waals surface area (Å²) in [5, 5.41) is 6.87. The van der Waals surface area contributed by atoms with E-state index in [9.17, 15) is 0 Å². The van der Waals surface area contributed by atoms with Gasteiger partial charge in [0, 0.05) is 42.3 Å². The molecule has 0 aliphatic carbocycles. The van der Waals surface area contributed by atoms with E-state index in [2.05, 4.69) is 60.5 Å². The summed E-state index contributed by atoms with van der Waals surface area (Å²) in [6.45, 7) is 6.86. The molecule has 1 aromatic carbocycles. The van der Waals surface area contributed by atoms with Crippen LogP contribution in [0, 0.1) is 13.8 Å². The highest BCUT2D eigenvalue weighted by atomic mass is 15.1. The van der Waals surface area contributed by atoms with Gasteiger partial charge in [0.25, 0.3) is 0 Å². The first-order valence-corrected chi connectivity index (χ1v) is 9.58. The lowest BCUT2D eigenvalue weighted by atomic mass is 9.94. The molecule has 1 aliphatic rings. The van der Waals surface area contributed by atoms with Gasteiger partial charge in [-0.25, -0.2) is 15.0 Å². The Kier molecular flexibility index (Phi) is 5.16. The van der Waals surface area contributed by atoms with Gasteiger partial charge in [-0.3, -0.25) is 0 Å². The summed E-state index contributed by atoms with van der Waals surface area (Å²) in [5.74, 6) is 3.26. The average Bonchev–Trinajstić information content (AvgIpc) is 3.13. The topological polar surface area (TPSA) is 67.7 Å². The van der Waals surface area contributed by atoms with Gasteiger partial charge in [-0.05, 0) is 57.5 Å². The minimum atomic E-state index is 0.534. The zero-order valence-corrected chi connectivity index (χ0v) is 15.9. The molecule has 0 spiro atoms. The van der Waals surface area contributed by atoms with Gasteiger partial charge in [-0.2, -0.15) is 0 Å². The van der Waals surface area contributed by atoms with Crippen LogP contribution in [0.15, 0.2) is 42.7 Å². The first kappa shape index (κ1) is 17.7. The fourth-order valence-electron chi connectivity index (χ4n) is 3.63. The predicted octanol–water partition coefficient (Wildman–Crippen LogP) is 3.36. The molecule has 0 saturated carbocycles. The van der Waals surface area contributed by atoms with Crippen LogP contribution in [0.25, 0.3) is 5.69 Å². The molecule has 0 atom stereocenters. The monoisotopic (exact) mass is 362 g/mol. The largest absolute Gasteiger partial charge is 0.366 e. The zero-order chi connectivity index (χ0) is 18.6. The van der Waals surface area contributed by atoms with Crippen LogP contribution in [0.1, 0.15) is 41.7 Å². The number of benzene rings is 1. The van der Waals surface area contributed by atoms with Gasteiger partial charge in [-0.15, -0.1) is 0 Å². The number of hydrogen-bond acceptors (Lipinski definition) is 5. The van der Waals surface area contributed by atoms with E-state index in [1.54, 1.807) is 0 Å². The highest BCUT2D eigenvalue weighted by Crippen LogP contribution is 2.25. The first-order chi connectivity index (χ1) is 13.2. The zero-order valence-electron chi connectivity index (χ0n) is 15.9. The predicted molar refractivity (Wildman–Crippen MR) is 107 cm³/mol. The Balaban J connectivity index is 1.44. The minimum Gasteiger partial charge on any atom is -0.366 e. The van der Waals surface area contributed by atoms with E-state index in [-0.39, 0.29) is 0 Å². The van der Waals surface area contributed by atoms with Gasteiger partial charge in [0.05, 0.1) is 0 Å². The van der Waals surface area contributed by atoms with Crippen molar-refractivity contribution in [1.82, 2.24) is 24.8 Å². The van der Waals surface area contributed by atoms with Crippen molar-refractivity contribution >= 4 is 5.82 Å². The molecule has 2 aromatic heterocycles. The van der Waals surface area contributed by atoms with Crippen LogP contribution in [0.2, 0.25) is 0 Å². The summed E-state index contributed by atoms with van der Waals surface area (Å²) in [7, 11) is 0.